The van der Waals surface area contributed by atoms with Crippen molar-refractivity contribution in [2.24, 2.45) is 0 Å². The number of esters is 1. The molecule has 1 atom stereocenters. The van der Waals surface area contributed by atoms with E-state index in [2.05, 4.69) is 20.6 Å². The molecule has 6 aromatic rings. The van der Waals surface area contributed by atoms with Crippen LogP contribution in [-0.2, 0) is 9.59 Å². The van der Waals surface area contributed by atoms with E-state index < -0.39 is 5.97 Å². The molecule has 11 heteroatoms. The second-order valence-corrected chi connectivity index (χ2v) is 11.8. The molecule has 0 saturated heterocycles. The number of aromatic amines is 2. The standard InChI is InChI=1S/C36H30ClN5O5/c1-3-33(44)38-23-8-10-27-20(12-23)14-29(40-27)35(45)39-24-9-11-28-21(13-24)15-30(41-28)36(46)42-18-22(17-37)34-26-7-5-4-6-25(26)32(16-31(34)42)47-19(2)43/h4-16,22,40-41H,3,17-18H2,1-2H3,(H,38,44)(H,39,45). The van der Waals surface area contributed by atoms with Crippen molar-refractivity contribution in [3.8, 4) is 5.75 Å². The number of hydrogen-bond donors (Lipinski definition) is 4. The smallest absolute Gasteiger partial charge is 0.308 e. The van der Waals surface area contributed by atoms with Crippen LogP contribution in [0.1, 0.15) is 52.7 Å². The average molecular weight is 648 g/mol. The van der Waals surface area contributed by atoms with Gasteiger partial charge in [-0.2, -0.15) is 0 Å². The summed E-state index contributed by atoms with van der Waals surface area (Å²) in [5, 5.41) is 8.95. The number of H-pyrrole nitrogens is 2. The third-order valence-electron chi connectivity index (χ3n) is 8.39. The summed E-state index contributed by atoms with van der Waals surface area (Å²) in [6.07, 6.45) is 0.372. The molecule has 0 aliphatic carbocycles. The third kappa shape index (κ3) is 5.57. The van der Waals surface area contributed by atoms with Crippen LogP contribution in [0.4, 0.5) is 17.1 Å². The normalized spacial score (nSPS) is 14.0. The Bertz CT molecular complexity index is 2250. The van der Waals surface area contributed by atoms with Gasteiger partial charge in [0.05, 0.1) is 5.69 Å². The van der Waals surface area contributed by atoms with Crippen LogP contribution < -0.4 is 20.3 Å². The molecule has 0 saturated carbocycles. The number of anilines is 3. The summed E-state index contributed by atoms with van der Waals surface area (Å²) in [6.45, 7) is 3.50. The molecule has 0 fully saturated rings. The number of amides is 3. The summed E-state index contributed by atoms with van der Waals surface area (Å²) >= 11 is 6.41. The van der Waals surface area contributed by atoms with E-state index in [0.29, 0.717) is 53.0 Å². The van der Waals surface area contributed by atoms with Gasteiger partial charge in [0.2, 0.25) is 5.91 Å². The second-order valence-electron chi connectivity index (χ2n) is 11.5. The summed E-state index contributed by atoms with van der Waals surface area (Å²) in [4.78, 5) is 58.8. The SMILES string of the molecule is CCC(=O)Nc1ccc2[nH]c(C(=O)Nc3ccc4[nH]c(C(=O)N5CC(CCl)c6c5cc(OC(C)=O)c5ccccc65)cc4c3)cc2c1. The molecule has 0 bridgehead atoms. The summed E-state index contributed by atoms with van der Waals surface area (Å²) in [7, 11) is 0. The molecule has 0 spiro atoms. The first kappa shape index (κ1) is 30.1. The third-order valence-corrected chi connectivity index (χ3v) is 8.77. The van der Waals surface area contributed by atoms with Crippen molar-refractivity contribution >= 4 is 84.9 Å². The molecule has 7 rings (SSSR count). The van der Waals surface area contributed by atoms with Crippen molar-refractivity contribution in [2.45, 2.75) is 26.2 Å². The highest BCUT2D eigenvalue weighted by Gasteiger charge is 2.35. The monoisotopic (exact) mass is 647 g/mol. The molecule has 3 heterocycles. The lowest BCUT2D eigenvalue weighted by Crippen LogP contribution is -2.30. The highest BCUT2D eigenvalue weighted by molar-refractivity contribution is 6.19. The minimum Gasteiger partial charge on any atom is -0.426 e. The molecule has 1 aliphatic rings. The Kier molecular flexibility index (Phi) is 7.65. The highest BCUT2D eigenvalue weighted by Crippen LogP contribution is 2.46. The van der Waals surface area contributed by atoms with Gasteiger partial charge in [-0.1, -0.05) is 31.2 Å². The molecule has 2 aromatic heterocycles. The van der Waals surface area contributed by atoms with E-state index >= 15 is 0 Å². The average Bonchev–Trinajstić information content (AvgIpc) is 3.79. The minimum absolute atomic E-state index is 0.0883. The number of benzene rings is 4. The van der Waals surface area contributed by atoms with Gasteiger partial charge in [-0.25, -0.2) is 0 Å². The number of halogens is 1. The van der Waals surface area contributed by atoms with Crippen LogP contribution in [0.15, 0.2) is 78.9 Å². The lowest BCUT2D eigenvalue weighted by Gasteiger charge is -2.18. The molecule has 1 unspecified atom stereocenters. The number of alkyl halides is 1. The fraction of sp³-hybridized carbons (Fsp3) is 0.167. The van der Waals surface area contributed by atoms with Crippen LogP contribution >= 0.6 is 11.6 Å². The van der Waals surface area contributed by atoms with E-state index in [1.54, 1.807) is 54.3 Å². The maximum absolute atomic E-state index is 14.0. The first-order valence-corrected chi connectivity index (χ1v) is 15.7. The Morgan fingerprint density at radius 1 is 0.851 bits per heavy atom. The molecule has 236 valence electrons. The molecular weight excluding hydrogens is 618 g/mol. The van der Waals surface area contributed by atoms with E-state index in [-0.39, 0.29) is 23.6 Å². The first-order chi connectivity index (χ1) is 22.7. The number of ether oxygens (including phenoxy) is 1. The van der Waals surface area contributed by atoms with Gasteiger partial charge in [-0.15, -0.1) is 11.6 Å². The largest absolute Gasteiger partial charge is 0.426 e. The predicted octanol–water partition coefficient (Wildman–Crippen LogP) is 7.31. The van der Waals surface area contributed by atoms with Gasteiger partial charge in [0, 0.05) is 76.3 Å². The molecule has 0 radical (unpaired) electrons. The van der Waals surface area contributed by atoms with Crippen molar-refractivity contribution in [1.29, 1.82) is 0 Å². The van der Waals surface area contributed by atoms with E-state index in [9.17, 15) is 19.2 Å². The predicted molar refractivity (Wildman–Crippen MR) is 184 cm³/mol. The molecule has 4 N–H and O–H groups in total. The highest BCUT2D eigenvalue weighted by atomic mass is 35.5. The van der Waals surface area contributed by atoms with Crippen LogP contribution in [0, 0.1) is 0 Å². The van der Waals surface area contributed by atoms with Crippen LogP contribution in [0.5, 0.6) is 5.75 Å². The Hall–Kier alpha value is -5.61. The van der Waals surface area contributed by atoms with Gasteiger partial charge >= 0.3 is 5.97 Å². The molecule has 1 aliphatic heterocycles. The van der Waals surface area contributed by atoms with E-state index in [1.165, 1.54) is 6.92 Å². The van der Waals surface area contributed by atoms with Crippen LogP contribution in [0.25, 0.3) is 32.6 Å². The number of carbonyl (C=O) groups is 4. The van der Waals surface area contributed by atoms with E-state index in [4.69, 9.17) is 16.3 Å². The zero-order valence-corrected chi connectivity index (χ0v) is 26.3. The zero-order valence-electron chi connectivity index (χ0n) is 25.6. The molecule has 10 nitrogen and oxygen atoms in total. The lowest BCUT2D eigenvalue weighted by molar-refractivity contribution is -0.131. The Balaban J connectivity index is 1.15. The van der Waals surface area contributed by atoms with Gasteiger partial charge < -0.3 is 30.2 Å². The van der Waals surface area contributed by atoms with Crippen LogP contribution in [-0.4, -0.2) is 46.1 Å². The number of nitrogens with one attached hydrogen (secondary N) is 4. The number of aromatic nitrogens is 2. The Labute approximate surface area is 274 Å². The van der Waals surface area contributed by atoms with Crippen molar-refractivity contribution in [3.63, 3.8) is 0 Å². The number of hydrogen-bond acceptors (Lipinski definition) is 5. The van der Waals surface area contributed by atoms with Crippen molar-refractivity contribution < 1.29 is 23.9 Å². The molecule has 47 heavy (non-hydrogen) atoms. The van der Waals surface area contributed by atoms with Gasteiger partial charge in [0.15, 0.2) is 0 Å². The quantitative estimate of drug-likeness (QED) is 0.0818. The molecular formula is C36H30ClN5O5. The first-order valence-electron chi connectivity index (χ1n) is 15.2. The van der Waals surface area contributed by atoms with Gasteiger partial charge in [0.1, 0.15) is 17.1 Å². The fourth-order valence-electron chi connectivity index (χ4n) is 6.22. The fourth-order valence-corrected chi connectivity index (χ4v) is 6.47. The molecule has 4 aromatic carbocycles. The molecule has 3 amide bonds. The van der Waals surface area contributed by atoms with Crippen LogP contribution in [0.2, 0.25) is 0 Å². The van der Waals surface area contributed by atoms with Crippen LogP contribution in [0.3, 0.4) is 0 Å². The zero-order chi connectivity index (χ0) is 32.8. The number of rotatable bonds is 7. The van der Waals surface area contributed by atoms with Crippen molar-refractivity contribution in [3.05, 3.63) is 95.8 Å². The number of carbonyl (C=O) groups excluding carboxylic acids is 4. The van der Waals surface area contributed by atoms with Gasteiger partial charge in [0.25, 0.3) is 11.8 Å². The summed E-state index contributed by atoms with van der Waals surface area (Å²) in [5.74, 6) is -0.527. The summed E-state index contributed by atoms with van der Waals surface area (Å²) in [6, 6.07) is 23.6. The maximum atomic E-state index is 14.0. The van der Waals surface area contributed by atoms with E-state index in [1.807, 2.05) is 36.4 Å². The van der Waals surface area contributed by atoms with E-state index in [0.717, 1.165) is 38.1 Å². The number of fused-ring (bicyclic) bond motifs is 5. The minimum atomic E-state index is -0.450. The maximum Gasteiger partial charge on any atom is 0.308 e. The lowest BCUT2D eigenvalue weighted by atomic mass is 9.95. The van der Waals surface area contributed by atoms with Gasteiger partial charge in [-0.05, 0) is 59.5 Å². The van der Waals surface area contributed by atoms with Crippen molar-refractivity contribution in [1.82, 2.24) is 9.97 Å². The topological polar surface area (TPSA) is 136 Å². The van der Waals surface area contributed by atoms with Crippen molar-refractivity contribution in [2.75, 3.05) is 28.0 Å². The van der Waals surface area contributed by atoms with Gasteiger partial charge in [-0.3, -0.25) is 19.2 Å². The Morgan fingerprint density at radius 2 is 1.49 bits per heavy atom. The second kappa shape index (κ2) is 12.0. The summed E-state index contributed by atoms with van der Waals surface area (Å²) in [5.41, 5.74) is 5.04. The Morgan fingerprint density at radius 3 is 2.15 bits per heavy atom. The summed E-state index contributed by atoms with van der Waals surface area (Å²) < 4.78 is 5.55. The number of nitrogens with zero attached hydrogens (tertiary/aromatic N) is 1.